The Hall–Kier alpha value is -3.95. The summed E-state index contributed by atoms with van der Waals surface area (Å²) in [4.78, 5) is 4.44. The van der Waals surface area contributed by atoms with Crippen molar-refractivity contribution in [2.45, 2.75) is 24.9 Å². The van der Waals surface area contributed by atoms with Crippen molar-refractivity contribution in [2.24, 2.45) is 4.99 Å². The number of tetrazole rings is 1. The smallest absolute Gasteiger partial charge is 0.233 e. The first-order chi connectivity index (χ1) is 16.9. The molecule has 35 heavy (non-hydrogen) atoms. The van der Waals surface area contributed by atoms with Gasteiger partial charge < -0.3 is 10.3 Å². The van der Waals surface area contributed by atoms with Gasteiger partial charge in [-0.05, 0) is 70.8 Å². The van der Waals surface area contributed by atoms with Gasteiger partial charge in [0.15, 0.2) is 11.8 Å². The molecular formula is C25H18ClFN6O2. The van der Waals surface area contributed by atoms with Gasteiger partial charge in [0.1, 0.15) is 12.1 Å². The van der Waals surface area contributed by atoms with E-state index < -0.39 is 5.60 Å². The molecule has 10 heteroatoms. The number of aliphatic imine (C=N–C) groups is 1. The molecule has 3 heterocycles. The van der Waals surface area contributed by atoms with Crippen LogP contribution in [0.1, 0.15) is 29.7 Å². The molecule has 8 nitrogen and oxygen atoms in total. The van der Waals surface area contributed by atoms with Gasteiger partial charge in [-0.3, -0.25) is 4.99 Å². The van der Waals surface area contributed by atoms with Crippen molar-refractivity contribution in [2.75, 3.05) is 0 Å². The van der Waals surface area contributed by atoms with E-state index in [0.29, 0.717) is 57.1 Å². The summed E-state index contributed by atoms with van der Waals surface area (Å²) in [6, 6.07) is 13.4. The molecule has 0 saturated heterocycles. The SMILES string of the molecule is [O-][n+]1cc(-c2cc(Cl)ccc2-n2cnnn2)cc2c1C(O)(C1=NC=C(c3cccc(F)c3)C1)CC2. The second-order valence-electron chi connectivity index (χ2n) is 8.62. The monoisotopic (exact) mass is 488 g/mol. The molecule has 0 radical (unpaired) electrons. The number of nitrogens with zero attached hydrogens (tertiary/aromatic N) is 6. The van der Waals surface area contributed by atoms with E-state index in [4.69, 9.17) is 11.6 Å². The molecule has 0 amide bonds. The summed E-state index contributed by atoms with van der Waals surface area (Å²) in [7, 11) is 0. The molecule has 0 saturated carbocycles. The Kier molecular flexibility index (Phi) is 4.98. The number of rotatable bonds is 4. The Morgan fingerprint density at radius 2 is 2.03 bits per heavy atom. The summed E-state index contributed by atoms with van der Waals surface area (Å²) in [6.45, 7) is 0. The maximum atomic E-state index is 13.7. The van der Waals surface area contributed by atoms with Crippen molar-refractivity contribution in [1.82, 2.24) is 20.2 Å². The molecule has 2 aliphatic rings. The molecule has 0 spiro atoms. The second kappa shape index (κ2) is 8.07. The molecule has 1 N–H and O–H groups in total. The first-order valence-corrected chi connectivity index (χ1v) is 11.3. The Balaban J connectivity index is 1.36. The lowest BCUT2D eigenvalue weighted by Crippen LogP contribution is -2.45. The van der Waals surface area contributed by atoms with Crippen LogP contribution in [0.4, 0.5) is 4.39 Å². The van der Waals surface area contributed by atoms with E-state index in [1.165, 1.54) is 29.3 Å². The number of aryl methyl sites for hydroxylation is 1. The summed E-state index contributed by atoms with van der Waals surface area (Å²) < 4.78 is 15.9. The minimum absolute atomic E-state index is 0.264. The molecule has 1 atom stereocenters. The van der Waals surface area contributed by atoms with Crippen LogP contribution in [0.25, 0.3) is 22.4 Å². The number of halogens is 2. The van der Waals surface area contributed by atoms with E-state index >= 15 is 0 Å². The van der Waals surface area contributed by atoms with Crippen LogP contribution >= 0.6 is 11.6 Å². The number of fused-ring (bicyclic) bond motifs is 1. The highest BCUT2D eigenvalue weighted by Crippen LogP contribution is 2.42. The largest absolute Gasteiger partial charge is 0.618 e. The van der Waals surface area contributed by atoms with Gasteiger partial charge in [0.25, 0.3) is 0 Å². The van der Waals surface area contributed by atoms with Crippen LogP contribution in [-0.2, 0) is 12.0 Å². The predicted octanol–water partition coefficient (Wildman–Crippen LogP) is 3.77. The van der Waals surface area contributed by atoms with Crippen LogP contribution < -0.4 is 4.73 Å². The zero-order valence-electron chi connectivity index (χ0n) is 18.3. The average Bonchev–Trinajstić information content (AvgIpc) is 3.60. The van der Waals surface area contributed by atoms with Gasteiger partial charge in [0.2, 0.25) is 5.69 Å². The molecule has 6 rings (SSSR count). The zero-order valence-corrected chi connectivity index (χ0v) is 19.0. The third kappa shape index (κ3) is 3.60. The minimum Gasteiger partial charge on any atom is -0.618 e. The van der Waals surface area contributed by atoms with Crippen molar-refractivity contribution >= 4 is 22.9 Å². The minimum atomic E-state index is -1.51. The van der Waals surface area contributed by atoms with Crippen molar-refractivity contribution in [3.05, 3.63) is 100 Å². The van der Waals surface area contributed by atoms with Gasteiger partial charge in [-0.1, -0.05) is 23.7 Å². The van der Waals surface area contributed by atoms with Gasteiger partial charge in [-0.25, -0.2) is 4.39 Å². The van der Waals surface area contributed by atoms with Crippen LogP contribution in [-0.4, -0.2) is 31.0 Å². The molecule has 1 unspecified atom stereocenters. The van der Waals surface area contributed by atoms with E-state index in [2.05, 4.69) is 20.5 Å². The van der Waals surface area contributed by atoms with Gasteiger partial charge in [-0.2, -0.15) is 9.41 Å². The number of hydrogen-bond acceptors (Lipinski definition) is 6. The van der Waals surface area contributed by atoms with Crippen LogP contribution in [0.15, 0.2) is 72.2 Å². The lowest BCUT2D eigenvalue weighted by atomic mass is 9.89. The maximum Gasteiger partial charge on any atom is 0.233 e. The molecule has 174 valence electrons. The van der Waals surface area contributed by atoms with Crippen LogP contribution in [0.5, 0.6) is 0 Å². The first kappa shape index (κ1) is 21.6. The molecule has 0 bridgehead atoms. The predicted molar refractivity (Wildman–Crippen MR) is 127 cm³/mol. The highest BCUT2D eigenvalue weighted by molar-refractivity contribution is 6.31. The van der Waals surface area contributed by atoms with E-state index in [1.807, 2.05) is 6.07 Å². The molecule has 1 aliphatic carbocycles. The topological polar surface area (TPSA) is 103 Å². The second-order valence-corrected chi connectivity index (χ2v) is 9.06. The fourth-order valence-electron chi connectivity index (χ4n) is 4.88. The normalized spacial score (nSPS) is 18.9. The zero-order chi connectivity index (χ0) is 24.2. The van der Waals surface area contributed by atoms with Gasteiger partial charge >= 0.3 is 0 Å². The van der Waals surface area contributed by atoms with Crippen molar-refractivity contribution < 1.29 is 14.2 Å². The molecule has 4 aromatic rings. The Morgan fingerprint density at radius 3 is 2.83 bits per heavy atom. The number of aromatic nitrogens is 5. The van der Waals surface area contributed by atoms with E-state index in [-0.39, 0.29) is 11.5 Å². The molecule has 0 fully saturated rings. The number of benzene rings is 2. The molecule has 2 aromatic carbocycles. The third-order valence-corrected chi connectivity index (χ3v) is 6.77. The fraction of sp³-hybridized carbons (Fsp3) is 0.160. The van der Waals surface area contributed by atoms with Crippen molar-refractivity contribution in [1.29, 1.82) is 0 Å². The van der Waals surface area contributed by atoms with E-state index in [0.717, 1.165) is 11.1 Å². The van der Waals surface area contributed by atoms with Gasteiger partial charge in [0, 0.05) is 34.3 Å². The summed E-state index contributed by atoms with van der Waals surface area (Å²) in [6.07, 6.45) is 5.67. The van der Waals surface area contributed by atoms with Crippen LogP contribution in [0.3, 0.4) is 0 Å². The van der Waals surface area contributed by atoms with E-state index in [1.54, 1.807) is 36.5 Å². The highest BCUT2D eigenvalue weighted by atomic mass is 35.5. The molecule has 2 aromatic heterocycles. The lowest BCUT2D eigenvalue weighted by Gasteiger charge is -2.23. The Bertz CT molecular complexity index is 1540. The molecular weight excluding hydrogens is 471 g/mol. The van der Waals surface area contributed by atoms with Gasteiger partial charge in [-0.15, -0.1) is 5.10 Å². The van der Waals surface area contributed by atoms with Crippen LogP contribution in [0, 0.1) is 11.0 Å². The van der Waals surface area contributed by atoms with Crippen molar-refractivity contribution in [3.63, 3.8) is 0 Å². The Labute approximate surface area is 204 Å². The fourth-order valence-corrected chi connectivity index (χ4v) is 5.05. The summed E-state index contributed by atoms with van der Waals surface area (Å²) in [5, 5.41) is 36.8. The van der Waals surface area contributed by atoms with E-state index in [9.17, 15) is 14.7 Å². The Morgan fingerprint density at radius 1 is 1.14 bits per heavy atom. The summed E-state index contributed by atoms with van der Waals surface area (Å²) in [5.41, 5.74) is 3.43. The van der Waals surface area contributed by atoms with Crippen molar-refractivity contribution in [3.8, 4) is 16.8 Å². The number of pyridine rings is 1. The quantitative estimate of drug-likeness (QED) is 0.348. The first-order valence-electron chi connectivity index (χ1n) is 11.0. The number of allylic oxidation sites excluding steroid dienone is 1. The van der Waals surface area contributed by atoms with Gasteiger partial charge in [0.05, 0.1) is 11.4 Å². The molecule has 1 aliphatic heterocycles. The standard InChI is InChI=1S/C25H18ClFN6O2/c26-19-4-5-22(32-14-29-30-31-32)21(11-19)18-8-16-6-7-25(34,24(16)33(35)13-18)23-10-17(12-28-23)15-2-1-3-20(27)9-15/h1-5,8-9,11-14,34H,6-7,10H2. The summed E-state index contributed by atoms with van der Waals surface area (Å²) in [5.74, 6) is -0.339. The highest BCUT2D eigenvalue weighted by Gasteiger charge is 2.49. The third-order valence-electron chi connectivity index (χ3n) is 6.53. The average molecular weight is 489 g/mol. The number of hydrogen-bond donors (Lipinski definition) is 1. The number of aliphatic hydroxyl groups is 1. The summed E-state index contributed by atoms with van der Waals surface area (Å²) >= 11 is 6.26. The lowest BCUT2D eigenvalue weighted by molar-refractivity contribution is -0.619. The van der Waals surface area contributed by atoms with Crippen LogP contribution in [0.2, 0.25) is 5.02 Å². The maximum absolute atomic E-state index is 13.7.